The number of aromatic nitrogens is 3. The molecule has 25 heavy (non-hydrogen) atoms. The molecule has 0 spiro atoms. The van der Waals surface area contributed by atoms with Gasteiger partial charge in [0.2, 0.25) is 5.89 Å². The van der Waals surface area contributed by atoms with Gasteiger partial charge in [0.05, 0.1) is 24.9 Å². The molecule has 134 valence electrons. The van der Waals surface area contributed by atoms with Gasteiger partial charge in [-0.2, -0.15) is 4.98 Å². The molecule has 0 aliphatic carbocycles. The number of ether oxygens (including phenoxy) is 1. The van der Waals surface area contributed by atoms with Gasteiger partial charge in [0.1, 0.15) is 0 Å². The zero-order chi connectivity index (χ0) is 17.5. The molecule has 1 aliphatic rings. The van der Waals surface area contributed by atoms with Crippen LogP contribution >= 0.6 is 0 Å². The Bertz CT molecular complexity index is 670. The van der Waals surface area contributed by atoms with Crippen molar-refractivity contribution < 1.29 is 14.1 Å². The molecule has 1 saturated heterocycles. The Kier molecular flexibility index (Phi) is 5.95. The second kappa shape index (κ2) is 8.57. The van der Waals surface area contributed by atoms with Crippen LogP contribution in [0.15, 0.2) is 28.9 Å². The van der Waals surface area contributed by atoms with E-state index in [4.69, 9.17) is 9.26 Å². The molecule has 0 bridgehead atoms. The van der Waals surface area contributed by atoms with Gasteiger partial charge in [0, 0.05) is 25.8 Å². The highest BCUT2D eigenvalue weighted by Gasteiger charge is 2.23. The summed E-state index contributed by atoms with van der Waals surface area (Å²) in [6.07, 6.45) is 4.50. The highest BCUT2D eigenvalue weighted by atomic mass is 16.5. The first kappa shape index (κ1) is 17.3. The molecule has 0 aromatic carbocycles. The molecular formula is C17H23N5O3. The van der Waals surface area contributed by atoms with Crippen molar-refractivity contribution in [3.63, 3.8) is 0 Å². The van der Waals surface area contributed by atoms with E-state index in [1.165, 1.54) is 0 Å². The molecule has 2 aromatic heterocycles. The average Bonchev–Trinajstić information content (AvgIpc) is 3.31. The minimum atomic E-state index is -0.197. The Morgan fingerprint density at radius 3 is 3.04 bits per heavy atom. The van der Waals surface area contributed by atoms with Gasteiger partial charge in [0.25, 0.3) is 0 Å². The SMILES string of the molecule is CCc1noc(CNC(=O)N(Cc2ccccn2)CC2CCCO2)n1. The Morgan fingerprint density at radius 1 is 1.44 bits per heavy atom. The molecule has 1 aliphatic heterocycles. The van der Waals surface area contributed by atoms with Crippen LogP contribution < -0.4 is 5.32 Å². The van der Waals surface area contributed by atoms with Crippen molar-refractivity contribution in [3.05, 3.63) is 41.8 Å². The summed E-state index contributed by atoms with van der Waals surface area (Å²) in [6.45, 7) is 3.87. The molecule has 2 amide bonds. The molecule has 3 rings (SSSR count). The Morgan fingerprint density at radius 2 is 2.36 bits per heavy atom. The van der Waals surface area contributed by atoms with Gasteiger partial charge in [-0.25, -0.2) is 4.79 Å². The molecule has 0 saturated carbocycles. The van der Waals surface area contributed by atoms with Crippen molar-refractivity contribution >= 4 is 6.03 Å². The molecule has 1 N–H and O–H groups in total. The van der Waals surface area contributed by atoms with Crippen molar-refractivity contribution in [3.8, 4) is 0 Å². The first-order valence-corrected chi connectivity index (χ1v) is 8.60. The second-order valence-corrected chi connectivity index (χ2v) is 5.95. The Hall–Kier alpha value is -2.48. The fourth-order valence-electron chi connectivity index (χ4n) is 2.71. The molecule has 3 heterocycles. The lowest BCUT2D eigenvalue weighted by molar-refractivity contribution is 0.0789. The number of nitrogens with one attached hydrogen (secondary N) is 1. The third-order valence-corrected chi connectivity index (χ3v) is 4.03. The van der Waals surface area contributed by atoms with E-state index in [9.17, 15) is 4.79 Å². The minimum absolute atomic E-state index is 0.0737. The summed E-state index contributed by atoms with van der Waals surface area (Å²) >= 11 is 0. The summed E-state index contributed by atoms with van der Waals surface area (Å²) in [5.41, 5.74) is 0.835. The van der Waals surface area contributed by atoms with Crippen molar-refractivity contribution in [2.24, 2.45) is 0 Å². The van der Waals surface area contributed by atoms with Crippen molar-refractivity contribution in [1.29, 1.82) is 0 Å². The smallest absolute Gasteiger partial charge is 0.318 e. The second-order valence-electron chi connectivity index (χ2n) is 5.95. The maximum Gasteiger partial charge on any atom is 0.318 e. The van der Waals surface area contributed by atoms with Crippen molar-refractivity contribution in [1.82, 2.24) is 25.3 Å². The fraction of sp³-hybridized carbons (Fsp3) is 0.529. The molecule has 1 unspecified atom stereocenters. The van der Waals surface area contributed by atoms with E-state index < -0.39 is 0 Å². The van der Waals surface area contributed by atoms with Gasteiger partial charge >= 0.3 is 6.03 Å². The van der Waals surface area contributed by atoms with Crippen LogP contribution in [-0.4, -0.2) is 45.3 Å². The van der Waals surface area contributed by atoms with E-state index >= 15 is 0 Å². The van der Waals surface area contributed by atoms with E-state index in [0.29, 0.717) is 31.2 Å². The normalized spacial score (nSPS) is 16.8. The van der Waals surface area contributed by atoms with Gasteiger partial charge in [-0.05, 0) is 25.0 Å². The Labute approximate surface area is 146 Å². The van der Waals surface area contributed by atoms with Gasteiger partial charge in [0.15, 0.2) is 5.82 Å². The topological polar surface area (TPSA) is 93.4 Å². The number of hydrogen-bond donors (Lipinski definition) is 1. The van der Waals surface area contributed by atoms with Crippen LogP contribution in [0, 0.1) is 0 Å². The lowest BCUT2D eigenvalue weighted by atomic mass is 10.2. The zero-order valence-corrected chi connectivity index (χ0v) is 14.4. The minimum Gasteiger partial charge on any atom is -0.376 e. The van der Waals surface area contributed by atoms with Gasteiger partial charge in [-0.1, -0.05) is 18.1 Å². The Balaban J connectivity index is 1.60. The van der Waals surface area contributed by atoms with Crippen LogP contribution in [-0.2, 0) is 24.2 Å². The quantitative estimate of drug-likeness (QED) is 0.824. The standard InChI is InChI=1S/C17H23N5O3/c1-2-15-20-16(25-21-15)10-19-17(23)22(12-14-7-5-9-24-14)11-13-6-3-4-8-18-13/h3-4,6,8,14H,2,5,7,9-12H2,1H3,(H,19,23). The van der Waals surface area contributed by atoms with Crippen molar-refractivity contribution in [2.75, 3.05) is 13.2 Å². The summed E-state index contributed by atoms with van der Waals surface area (Å²) in [5.74, 6) is 1.04. The highest BCUT2D eigenvalue weighted by Crippen LogP contribution is 2.15. The summed E-state index contributed by atoms with van der Waals surface area (Å²) in [5, 5.41) is 6.67. The number of aryl methyl sites for hydroxylation is 1. The number of carbonyl (C=O) groups excluding carboxylic acids is 1. The lowest BCUT2D eigenvalue weighted by Crippen LogP contribution is -2.43. The van der Waals surface area contributed by atoms with E-state index in [1.54, 1.807) is 11.1 Å². The molecule has 8 nitrogen and oxygen atoms in total. The fourth-order valence-corrected chi connectivity index (χ4v) is 2.71. The number of rotatable bonds is 7. The monoisotopic (exact) mass is 345 g/mol. The molecule has 1 fully saturated rings. The molecular weight excluding hydrogens is 322 g/mol. The number of nitrogens with zero attached hydrogens (tertiary/aromatic N) is 4. The van der Waals surface area contributed by atoms with E-state index in [1.807, 2.05) is 25.1 Å². The molecule has 1 atom stereocenters. The van der Waals surface area contributed by atoms with Gasteiger partial charge in [-0.15, -0.1) is 0 Å². The van der Waals surface area contributed by atoms with Gasteiger partial charge < -0.3 is 19.5 Å². The van der Waals surface area contributed by atoms with E-state index in [0.717, 1.165) is 25.1 Å². The number of pyridine rings is 1. The summed E-state index contributed by atoms with van der Waals surface area (Å²) in [4.78, 5) is 22.8. The first-order valence-electron chi connectivity index (χ1n) is 8.60. The van der Waals surface area contributed by atoms with E-state index in [-0.39, 0.29) is 18.7 Å². The number of hydrogen-bond acceptors (Lipinski definition) is 6. The summed E-state index contributed by atoms with van der Waals surface area (Å²) in [7, 11) is 0. The number of carbonyl (C=O) groups is 1. The highest BCUT2D eigenvalue weighted by molar-refractivity contribution is 5.74. The van der Waals surface area contributed by atoms with Crippen LogP contribution in [0.4, 0.5) is 4.79 Å². The summed E-state index contributed by atoms with van der Waals surface area (Å²) in [6, 6.07) is 5.48. The lowest BCUT2D eigenvalue weighted by Gasteiger charge is -2.25. The largest absolute Gasteiger partial charge is 0.376 e. The zero-order valence-electron chi connectivity index (χ0n) is 14.4. The molecule has 8 heteroatoms. The summed E-state index contributed by atoms with van der Waals surface area (Å²) < 4.78 is 10.8. The van der Waals surface area contributed by atoms with Gasteiger partial charge in [-0.3, -0.25) is 4.98 Å². The average molecular weight is 345 g/mol. The van der Waals surface area contributed by atoms with Crippen LogP contribution in [0.2, 0.25) is 0 Å². The first-order chi connectivity index (χ1) is 12.2. The maximum absolute atomic E-state index is 12.6. The predicted octanol–water partition coefficient (Wildman–Crippen LogP) is 1.92. The number of amides is 2. The molecule has 2 aromatic rings. The third-order valence-electron chi connectivity index (χ3n) is 4.03. The third kappa shape index (κ3) is 4.99. The predicted molar refractivity (Wildman–Crippen MR) is 89.5 cm³/mol. The van der Waals surface area contributed by atoms with Crippen LogP contribution in [0.25, 0.3) is 0 Å². The number of urea groups is 1. The maximum atomic E-state index is 12.6. The van der Waals surface area contributed by atoms with Crippen molar-refractivity contribution in [2.45, 2.75) is 45.4 Å². The van der Waals surface area contributed by atoms with E-state index in [2.05, 4.69) is 20.4 Å². The van der Waals surface area contributed by atoms with Crippen LogP contribution in [0.5, 0.6) is 0 Å². The molecule has 0 radical (unpaired) electrons. The van der Waals surface area contributed by atoms with Crippen LogP contribution in [0.3, 0.4) is 0 Å². The van der Waals surface area contributed by atoms with Crippen LogP contribution in [0.1, 0.15) is 37.2 Å².